The lowest BCUT2D eigenvalue weighted by molar-refractivity contribution is -0.0000841. The highest BCUT2D eigenvalue weighted by atomic mass is 16.5. The summed E-state index contributed by atoms with van der Waals surface area (Å²) in [6, 6.07) is 7.70. The highest BCUT2D eigenvalue weighted by Crippen LogP contribution is 2.28. The third kappa shape index (κ3) is 3.72. The van der Waals surface area contributed by atoms with Gasteiger partial charge in [0.2, 0.25) is 0 Å². The van der Waals surface area contributed by atoms with Crippen molar-refractivity contribution in [1.82, 2.24) is 0 Å². The molecule has 3 heteroatoms. The van der Waals surface area contributed by atoms with E-state index in [1.54, 1.807) is 7.11 Å². The van der Waals surface area contributed by atoms with Gasteiger partial charge in [-0.25, -0.2) is 0 Å². The van der Waals surface area contributed by atoms with Crippen LogP contribution in [0.4, 0.5) is 0 Å². The highest BCUT2D eigenvalue weighted by molar-refractivity contribution is 5.31. The topological polar surface area (TPSA) is 44.5 Å². The molecule has 0 aromatic heterocycles. The van der Waals surface area contributed by atoms with Crippen LogP contribution in [0, 0.1) is 0 Å². The Balaban J connectivity index is 2.91. The van der Waals surface area contributed by atoms with Crippen LogP contribution in [0.2, 0.25) is 0 Å². The van der Waals surface area contributed by atoms with Crippen LogP contribution in [-0.2, 0) is 4.74 Å². The Morgan fingerprint density at radius 1 is 1.24 bits per heavy atom. The first-order valence-electron chi connectivity index (χ1n) is 5.94. The summed E-state index contributed by atoms with van der Waals surface area (Å²) < 4.78 is 11.1. The molecule has 0 aliphatic rings. The van der Waals surface area contributed by atoms with Crippen LogP contribution in [0.5, 0.6) is 5.75 Å². The zero-order valence-corrected chi connectivity index (χ0v) is 11.4. The van der Waals surface area contributed by atoms with Crippen molar-refractivity contribution >= 4 is 0 Å². The van der Waals surface area contributed by atoms with Gasteiger partial charge in [0, 0.05) is 7.11 Å². The van der Waals surface area contributed by atoms with Crippen LogP contribution in [0.3, 0.4) is 0 Å². The molecule has 1 aromatic carbocycles. The summed E-state index contributed by atoms with van der Waals surface area (Å²) in [5, 5.41) is 0. The van der Waals surface area contributed by atoms with E-state index in [0.717, 1.165) is 11.3 Å². The Labute approximate surface area is 104 Å². The molecule has 2 N–H and O–H groups in total. The first kappa shape index (κ1) is 14.0. The molecule has 0 spiro atoms. The second-order valence-electron chi connectivity index (χ2n) is 5.02. The second-order valence-corrected chi connectivity index (χ2v) is 5.02. The van der Waals surface area contributed by atoms with Gasteiger partial charge in [0.15, 0.2) is 0 Å². The molecule has 0 aliphatic carbocycles. The Bertz CT molecular complexity index is 361. The molecule has 17 heavy (non-hydrogen) atoms. The average molecular weight is 237 g/mol. The van der Waals surface area contributed by atoms with Crippen LogP contribution in [0.25, 0.3) is 0 Å². The number of benzene rings is 1. The summed E-state index contributed by atoms with van der Waals surface area (Å²) in [6.07, 6.45) is 0.164. The molecule has 0 saturated heterocycles. The maximum atomic E-state index is 6.20. The summed E-state index contributed by atoms with van der Waals surface area (Å²) in [5.41, 5.74) is 6.83. The van der Waals surface area contributed by atoms with Gasteiger partial charge in [-0.1, -0.05) is 12.1 Å². The van der Waals surface area contributed by atoms with E-state index in [9.17, 15) is 0 Å². The Hall–Kier alpha value is -1.06. The molecule has 0 aliphatic heterocycles. The number of nitrogens with two attached hydrogens (primary N) is 1. The van der Waals surface area contributed by atoms with Crippen molar-refractivity contribution in [2.24, 2.45) is 5.73 Å². The van der Waals surface area contributed by atoms with Gasteiger partial charge in [-0.05, 0) is 45.4 Å². The molecule has 1 aromatic rings. The molecule has 0 amide bonds. The Morgan fingerprint density at radius 2 is 1.88 bits per heavy atom. The number of hydrogen-bond acceptors (Lipinski definition) is 3. The van der Waals surface area contributed by atoms with Gasteiger partial charge < -0.3 is 15.2 Å². The van der Waals surface area contributed by atoms with E-state index in [4.69, 9.17) is 15.2 Å². The lowest BCUT2D eigenvalue weighted by atomic mass is 9.92. The smallest absolute Gasteiger partial charge is 0.120 e. The molecule has 1 rings (SSSR count). The fourth-order valence-electron chi connectivity index (χ4n) is 1.58. The molecule has 1 unspecified atom stereocenters. The van der Waals surface area contributed by atoms with Crippen LogP contribution < -0.4 is 10.5 Å². The molecular formula is C14H23NO2. The van der Waals surface area contributed by atoms with Gasteiger partial charge in [0.05, 0.1) is 17.7 Å². The second kappa shape index (κ2) is 5.52. The molecule has 0 radical (unpaired) electrons. The molecule has 0 bridgehead atoms. The normalized spacial score (nSPS) is 13.8. The summed E-state index contributed by atoms with van der Waals surface area (Å²) in [5.74, 6) is 0.847. The summed E-state index contributed by atoms with van der Waals surface area (Å²) in [4.78, 5) is 0. The van der Waals surface area contributed by atoms with Gasteiger partial charge in [-0.3, -0.25) is 0 Å². The quantitative estimate of drug-likeness (QED) is 0.856. The average Bonchev–Trinajstić information content (AvgIpc) is 2.27. The van der Waals surface area contributed by atoms with Crippen molar-refractivity contribution in [3.63, 3.8) is 0 Å². The minimum absolute atomic E-state index is 0.164. The largest absolute Gasteiger partial charge is 0.491 e. The van der Waals surface area contributed by atoms with E-state index in [0.29, 0.717) is 0 Å². The van der Waals surface area contributed by atoms with E-state index in [2.05, 4.69) is 0 Å². The molecule has 1 atom stereocenters. The van der Waals surface area contributed by atoms with Crippen LogP contribution in [0.1, 0.15) is 39.3 Å². The third-order valence-electron chi connectivity index (χ3n) is 2.86. The number of ether oxygens (including phenoxy) is 2. The summed E-state index contributed by atoms with van der Waals surface area (Å²) >= 11 is 0. The molecule has 0 heterocycles. The van der Waals surface area contributed by atoms with Crippen molar-refractivity contribution in [2.75, 3.05) is 7.11 Å². The minimum atomic E-state index is -0.392. The fraction of sp³-hybridized carbons (Fsp3) is 0.571. The van der Waals surface area contributed by atoms with Gasteiger partial charge in [0.1, 0.15) is 5.75 Å². The van der Waals surface area contributed by atoms with Gasteiger partial charge in [-0.15, -0.1) is 0 Å². The lowest BCUT2D eigenvalue weighted by Crippen LogP contribution is -2.37. The Morgan fingerprint density at radius 3 is 2.41 bits per heavy atom. The fourth-order valence-corrected chi connectivity index (χ4v) is 1.58. The third-order valence-corrected chi connectivity index (χ3v) is 2.86. The lowest BCUT2D eigenvalue weighted by Gasteiger charge is -2.30. The van der Waals surface area contributed by atoms with Gasteiger partial charge >= 0.3 is 0 Å². The van der Waals surface area contributed by atoms with Crippen molar-refractivity contribution in [3.8, 4) is 5.75 Å². The summed E-state index contributed by atoms with van der Waals surface area (Å²) in [6.45, 7) is 7.97. The van der Waals surface area contributed by atoms with E-state index in [1.165, 1.54) is 0 Å². The maximum absolute atomic E-state index is 6.20. The van der Waals surface area contributed by atoms with Crippen LogP contribution in [0.15, 0.2) is 24.3 Å². The van der Waals surface area contributed by atoms with Crippen molar-refractivity contribution in [3.05, 3.63) is 29.8 Å². The van der Waals surface area contributed by atoms with Crippen molar-refractivity contribution < 1.29 is 9.47 Å². The molecular weight excluding hydrogens is 214 g/mol. The zero-order chi connectivity index (χ0) is 13.1. The van der Waals surface area contributed by atoms with Gasteiger partial charge in [0.25, 0.3) is 0 Å². The molecule has 3 nitrogen and oxygen atoms in total. The maximum Gasteiger partial charge on any atom is 0.120 e. The van der Waals surface area contributed by atoms with E-state index in [1.807, 2.05) is 52.0 Å². The standard InChI is InChI=1S/C14H23NO2/c1-10(2)17-12-8-6-7-11(9-12)13(15)14(3,4)16-5/h6-10,13H,15H2,1-5H3. The van der Waals surface area contributed by atoms with E-state index in [-0.39, 0.29) is 12.1 Å². The van der Waals surface area contributed by atoms with Gasteiger partial charge in [-0.2, -0.15) is 0 Å². The number of hydrogen-bond donors (Lipinski definition) is 1. The minimum Gasteiger partial charge on any atom is -0.491 e. The molecule has 96 valence electrons. The van der Waals surface area contributed by atoms with Crippen LogP contribution >= 0.6 is 0 Å². The van der Waals surface area contributed by atoms with E-state index >= 15 is 0 Å². The van der Waals surface area contributed by atoms with Crippen LogP contribution in [-0.4, -0.2) is 18.8 Å². The predicted molar refractivity (Wildman–Crippen MR) is 70.2 cm³/mol. The van der Waals surface area contributed by atoms with E-state index < -0.39 is 5.60 Å². The monoisotopic (exact) mass is 237 g/mol. The highest BCUT2D eigenvalue weighted by Gasteiger charge is 2.27. The zero-order valence-electron chi connectivity index (χ0n) is 11.4. The van der Waals surface area contributed by atoms with Crippen molar-refractivity contribution in [2.45, 2.75) is 45.4 Å². The number of methoxy groups -OCH3 is 1. The molecule has 0 saturated carbocycles. The first-order valence-corrected chi connectivity index (χ1v) is 5.94. The SMILES string of the molecule is COC(C)(C)C(N)c1cccc(OC(C)C)c1. The first-order chi connectivity index (χ1) is 7.86. The predicted octanol–water partition coefficient (Wildman–Crippen LogP) is 2.90. The summed E-state index contributed by atoms with van der Waals surface area (Å²) in [7, 11) is 1.67. The van der Waals surface area contributed by atoms with Crippen molar-refractivity contribution in [1.29, 1.82) is 0 Å². The number of rotatable bonds is 5. The molecule has 0 fully saturated rings. The Kier molecular flexibility index (Phi) is 4.54.